The van der Waals surface area contributed by atoms with Gasteiger partial charge in [0.05, 0.1) is 16.4 Å². The summed E-state index contributed by atoms with van der Waals surface area (Å²) >= 11 is 6.41. The number of hydrogen-bond acceptors (Lipinski definition) is 11. The summed E-state index contributed by atoms with van der Waals surface area (Å²) in [5.74, 6) is 0.579. The number of pyridine rings is 6. The van der Waals surface area contributed by atoms with Gasteiger partial charge in [0.25, 0.3) is 0 Å². The molecular weight excluding hydrogens is 2620 g/mol. The summed E-state index contributed by atoms with van der Waals surface area (Å²) in [6.07, 6.45) is 27.9. The Labute approximate surface area is 993 Å². The largest absolute Gasteiger partial charge is 3.00 e. The van der Waals surface area contributed by atoms with Gasteiger partial charge >= 0.3 is 20.1 Å². The molecule has 0 spiro atoms. The van der Waals surface area contributed by atoms with Gasteiger partial charge in [0.2, 0.25) is 0 Å². The molecule has 3 radical (unpaired) electrons. The minimum atomic E-state index is -2.45. The number of allylic oxidation sites excluding steroid dienone is 8. The van der Waals surface area contributed by atoms with Crippen LogP contribution >= 0.6 is 45.3 Å². The monoisotopic (exact) mass is 2770 g/mol. The second-order valence-electron chi connectivity index (χ2n) is 34.4. The minimum absolute atomic E-state index is 0. The van der Waals surface area contributed by atoms with Gasteiger partial charge in [-0.3, -0.25) is 4.98 Å². The quantitative estimate of drug-likeness (QED) is 0.0609. The van der Waals surface area contributed by atoms with E-state index in [1.807, 2.05) is 159 Å². The molecule has 3 aliphatic rings. The van der Waals surface area contributed by atoms with Crippen molar-refractivity contribution in [2.24, 2.45) is 4.99 Å². The fourth-order valence-electron chi connectivity index (χ4n) is 17.0. The Kier molecular flexibility index (Phi) is 34.5. The topological polar surface area (TPSA) is 112 Å². The van der Waals surface area contributed by atoms with Crippen LogP contribution in [0.2, 0.25) is 0 Å². The van der Waals surface area contributed by atoms with Crippen molar-refractivity contribution in [3.05, 3.63) is 500 Å². The number of fused-ring (bicyclic) bond motifs is 12. The summed E-state index contributed by atoms with van der Waals surface area (Å²) in [5, 5.41) is 19.4. The van der Waals surface area contributed by atoms with Gasteiger partial charge in [-0.15, -0.1) is 203 Å². The first-order valence-corrected chi connectivity index (χ1v) is 51.0. The molecule has 11 heterocycles. The molecule has 24 rings (SSSR count). The van der Waals surface area contributed by atoms with Gasteiger partial charge in [0, 0.05) is 148 Å². The van der Waals surface area contributed by atoms with Crippen LogP contribution in [0.25, 0.3) is 142 Å². The molecule has 0 bridgehead atoms. The van der Waals surface area contributed by atoms with Gasteiger partial charge in [-0.1, -0.05) is 238 Å². The molecule has 11 aromatic carbocycles. The van der Waals surface area contributed by atoms with Crippen molar-refractivity contribution in [2.45, 2.75) is 157 Å². The van der Waals surface area contributed by atoms with E-state index in [9.17, 15) is 5.41 Å². The first-order valence-electron chi connectivity index (χ1n) is 60.7. The number of thiophene rings is 4. The third-order valence-electron chi connectivity index (χ3n) is 24.2. The van der Waals surface area contributed by atoms with Crippen molar-refractivity contribution in [1.82, 2.24) is 29.9 Å². The van der Waals surface area contributed by atoms with Crippen LogP contribution in [0.5, 0.6) is 0 Å². The molecule has 2 saturated carbocycles. The predicted molar refractivity (Wildman–Crippen MR) is 632 cm³/mol. The van der Waals surface area contributed by atoms with Crippen LogP contribution < -0.4 is 0 Å². The van der Waals surface area contributed by atoms with Crippen LogP contribution in [0, 0.1) is 89.9 Å². The van der Waals surface area contributed by atoms with E-state index in [0.717, 1.165) is 154 Å². The second kappa shape index (κ2) is 60.0. The molecule has 2 aliphatic carbocycles. The standard InChI is InChI=1S/C23H21NS.C20H16NS.C18H12NS.C18H20N.C17H12NS.C13H12N.C12H10N.C6H7N.C6H7.CH4.4Ir.H2/c1-2-3-15-21(24)20-14-8-13-19-18-12-7-11-17(22(18)25-23(19)20)16-9-5-4-6-10-16;1-13(2)15-6-5-7-17-16-10-9-14(12-19(16)22-20(15)17)18-8-3-4-11-21-18;1-12-9-10-16(19-11-12)15-7-4-6-14-13-5-2-3-8-17(13)20-18(14)15;1-14-12-18(16-10-6-3-7-11-16)19-13-17(14)15-8-4-2-5-9-15;1-2-10-16-12(6-1)13-7-5-8-14(17(13)19-16)15-9-3-4-11-18-15;1-10-8-13(14-9-11(10)2)12-6-4-3-5-7-12;1-10-7-8-13-12(9-10)11-5-3-2-4-6-11;1-6-2-4-7-5-3-6;1-3-5-6-4-2;;;;;;/h2-3,7-8,11-13,15-16H,1,4-6,9-10H2;3-8,10-13H,1-2H3;2-6,8-11H,1H3;3,6-7,10,12-13,15H,2,4-5,8-9H2,1H3;1-2,4-7,10-11H,3,9H2;3-6,8-9H,1-2H3;2-5,7-9H,1H3;2-5H,1H3;3-5H,1-2H2;1H4;;;;;1H/q-2;6*-1;;-1;;;;;+3;/b15-3-;;;;;;;;;;;;;;/i1D,3D,15D,16D;3D,4D,8D,11D;1D3,9D,10D;;3D,4D,9D,11D;2D3;7D,9D;;;1D3;;;;;1+1/b2-1?,15-3-;;;;;;;;;;;;;;. The van der Waals surface area contributed by atoms with Gasteiger partial charge in [-0.25, -0.2) is 5.71 Å². The first-order chi connectivity index (χ1) is 81.9. The normalized spacial score (nSPS) is 16.5. The Hall–Kier alpha value is -12.4. The zero-order valence-electron chi connectivity index (χ0n) is 108. The molecule has 16 heteroatoms. The molecule has 1 aliphatic heterocycles. The maximum atomic E-state index is 10.7. The van der Waals surface area contributed by atoms with E-state index in [1.165, 1.54) is 101 Å². The van der Waals surface area contributed by atoms with Crippen molar-refractivity contribution < 1.29 is 116 Å². The Morgan fingerprint density at radius 2 is 1.11 bits per heavy atom. The van der Waals surface area contributed by atoms with E-state index >= 15 is 0 Å². The fraction of sp³-hybridized carbons (Fsp3) is 0.179. The molecule has 0 amide bonds. The van der Waals surface area contributed by atoms with E-state index in [1.54, 1.807) is 109 Å². The van der Waals surface area contributed by atoms with Crippen molar-refractivity contribution in [1.29, 1.82) is 0 Å². The summed E-state index contributed by atoms with van der Waals surface area (Å²) in [7, 11) is -1.42. The van der Waals surface area contributed by atoms with Crippen LogP contribution in [0.15, 0.2) is 390 Å². The third kappa shape index (κ3) is 31.0. The third-order valence-corrected chi connectivity index (χ3v) is 29.1. The summed E-state index contributed by atoms with van der Waals surface area (Å²) in [5.41, 5.74) is 15.9. The maximum Gasteiger partial charge on any atom is 3.00 e. The Morgan fingerprint density at radius 1 is 0.513 bits per heavy atom. The van der Waals surface area contributed by atoms with E-state index in [0.29, 0.717) is 62.8 Å². The van der Waals surface area contributed by atoms with Crippen LogP contribution in [0.3, 0.4) is 0 Å². The van der Waals surface area contributed by atoms with E-state index in [4.69, 9.17) is 34.3 Å². The molecule has 0 saturated heterocycles. The molecule has 765 valence electrons. The van der Waals surface area contributed by atoms with Crippen molar-refractivity contribution >= 4 is 137 Å². The summed E-state index contributed by atoms with van der Waals surface area (Å²) in [4.78, 5) is 29.2. The molecule has 10 aromatic heterocycles. The Bertz CT molecular complexity index is 9410. The number of aryl methyl sites for hydroxylation is 5. The average molecular weight is 2770 g/mol. The van der Waals surface area contributed by atoms with Crippen LogP contribution in [0.1, 0.15) is 213 Å². The molecule has 2 atom stereocenters. The molecule has 21 aromatic rings. The number of aromatic nitrogens is 6. The van der Waals surface area contributed by atoms with Crippen molar-refractivity contribution in [3.63, 3.8) is 0 Å². The van der Waals surface area contributed by atoms with Crippen LogP contribution in [0.4, 0.5) is 0 Å². The van der Waals surface area contributed by atoms with Crippen LogP contribution in [-0.4, -0.2) is 41.3 Å². The molecule has 0 N–H and O–H groups in total. The fourth-order valence-corrected chi connectivity index (χ4v) is 22.2. The van der Waals surface area contributed by atoms with Gasteiger partial charge in [-0.2, -0.15) is 88.4 Å². The smallest absolute Gasteiger partial charge is 0.855 e. The van der Waals surface area contributed by atoms with Crippen molar-refractivity contribution in [2.75, 3.05) is 0 Å². The van der Waals surface area contributed by atoms with Gasteiger partial charge in [0.15, 0.2) is 0 Å². The Balaban J connectivity index is 0.000000202. The molecular formula is C134H123Ir4N8S4-6. The summed E-state index contributed by atoms with van der Waals surface area (Å²) in [6.45, 7) is 15.4. The van der Waals surface area contributed by atoms with Gasteiger partial charge in [0.1, 0.15) is 0 Å². The van der Waals surface area contributed by atoms with E-state index < -0.39 is 39.7 Å². The number of aliphatic imine (C=N–C) groups is 1. The summed E-state index contributed by atoms with van der Waals surface area (Å²) in [6, 6.07) is 94.9. The zero-order valence-corrected chi connectivity index (χ0v) is 96.1. The first kappa shape index (κ1) is 86.2. The SMILES string of the molecule is C=C[C-]=CC=C.Cc1cc(-c2[c-]cccc2)ncc1C1CCCCC1.Cc1ccncc1.[2HH].[2H]C([2H])([2H])c1cnc(-c2[c-]cccc2)cc1C.[2H]C([2H])[2H].[2H]C1=C([2H])C([2H])C([2H])C(c2[c-]ccc3c2sc2ccccc23)=N1.[2H]C=C/C([2H])=C(/[2H])C(=[N-])c1[c-]ccc2c1sc1c(C3([2H])CCCCC3)cccc12.[2H]c1c(C([2H])([2H])[2H])cnc(-c2[c-]ccc3c2sc2ccccc23)c1[2H].[2H]c1cnc(-c2[c-]cccc2)c([2H])c1C.[2H]c1nc(-c2[c-]cc3c(c2)sc2c(C(C)C)cccc23)c([2H])c([2H])c1[2H].[Ir+3].[Ir].[Ir].[Ir]. The molecule has 2 fully saturated rings. The van der Waals surface area contributed by atoms with E-state index in [2.05, 4.69) is 172 Å². The Morgan fingerprint density at radius 3 is 1.72 bits per heavy atom. The van der Waals surface area contributed by atoms with E-state index in [-0.39, 0.29) is 165 Å². The number of hydrogen-bond donors (Lipinski definition) is 0. The van der Waals surface area contributed by atoms with Gasteiger partial charge < -0.3 is 35.3 Å². The molecule has 8 nitrogen and oxygen atoms in total. The second-order valence-corrected chi connectivity index (χ2v) is 38.6. The number of nitrogens with zero attached hydrogens (tertiary/aromatic N) is 8. The maximum absolute atomic E-state index is 10.7. The number of rotatable bonds is 14. The van der Waals surface area contributed by atoms with Crippen LogP contribution in [-0.2, 0) is 80.4 Å². The minimum Gasteiger partial charge on any atom is -0.855 e. The zero-order chi connectivity index (χ0) is 123. The average Bonchev–Trinajstić information content (AvgIpc) is 1.60. The van der Waals surface area contributed by atoms with Gasteiger partial charge in [-0.05, 0) is 242 Å². The summed E-state index contributed by atoms with van der Waals surface area (Å²) < 4.78 is 197. The van der Waals surface area contributed by atoms with Crippen molar-refractivity contribution in [3.8, 4) is 56.3 Å². The molecule has 2 unspecified atom stereocenters. The predicted octanol–water partition coefficient (Wildman–Crippen LogP) is 38.1. The number of benzene rings is 11. The molecule has 150 heavy (non-hydrogen) atoms.